The molecule has 0 aliphatic heterocycles. The maximum Gasteiger partial charge on any atom is 0.123 e. The van der Waals surface area contributed by atoms with Gasteiger partial charge in [0.25, 0.3) is 0 Å². The van der Waals surface area contributed by atoms with Gasteiger partial charge in [-0.25, -0.2) is 4.39 Å². The lowest BCUT2D eigenvalue weighted by atomic mass is 10.1. The molecule has 0 saturated heterocycles. The molecule has 0 amide bonds. The largest absolute Gasteiger partial charge is 0.398 e. The van der Waals surface area contributed by atoms with E-state index in [1.54, 1.807) is 6.07 Å². The van der Waals surface area contributed by atoms with Crippen LogP contribution in [-0.2, 0) is 6.54 Å². The number of fused-ring (bicyclic) bond motifs is 1. The van der Waals surface area contributed by atoms with E-state index in [9.17, 15) is 4.39 Å². The molecule has 3 aromatic rings. The van der Waals surface area contributed by atoms with Crippen molar-refractivity contribution in [2.24, 2.45) is 0 Å². The molecule has 19 heavy (non-hydrogen) atoms. The highest BCUT2D eigenvalue weighted by Gasteiger charge is 2.08. The molecule has 0 spiro atoms. The summed E-state index contributed by atoms with van der Waals surface area (Å²) in [4.78, 5) is 0. The molecule has 2 aromatic carbocycles. The minimum absolute atomic E-state index is 0.252. The van der Waals surface area contributed by atoms with Crippen LogP contribution in [0.4, 0.5) is 10.1 Å². The zero-order valence-corrected chi connectivity index (χ0v) is 10.7. The zero-order valence-electron chi connectivity index (χ0n) is 10.7. The Morgan fingerprint density at radius 1 is 1.11 bits per heavy atom. The van der Waals surface area contributed by atoms with Gasteiger partial charge in [0, 0.05) is 23.4 Å². The van der Waals surface area contributed by atoms with Crippen LogP contribution in [0.15, 0.2) is 48.5 Å². The molecule has 0 bridgehead atoms. The summed E-state index contributed by atoms with van der Waals surface area (Å²) in [5.74, 6) is -0.252. The van der Waals surface area contributed by atoms with Gasteiger partial charge in [-0.1, -0.05) is 18.2 Å². The van der Waals surface area contributed by atoms with Crippen LogP contribution in [0.25, 0.3) is 10.9 Å². The number of anilines is 1. The molecule has 0 fully saturated rings. The third-order valence-electron chi connectivity index (χ3n) is 3.45. The maximum absolute atomic E-state index is 13.3. The highest BCUT2D eigenvalue weighted by Crippen LogP contribution is 2.22. The molecule has 1 aromatic heterocycles. The Morgan fingerprint density at radius 2 is 1.89 bits per heavy atom. The molecule has 0 saturated carbocycles. The summed E-state index contributed by atoms with van der Waals surface area (Å²) in [6.07, 6.45) is 0. The number of nitrogens with two attached hydrogens (primary N) is 1. The number of hydrogen-bond acceptors (Lipinski definition) is 1. The molecule has 2 nitrogen and oxygen atoms in total. The number of hydrogen-bond donors (Lipinski definition) is 1. The molecule has 1 heterocycles. The average Bonchev–Trinajstić information content (AvgIpc) is 2.71. The van der Waals surface area contributed by atoms with Crippen molar-refractivity contribution < 1.29 is 4.39 Å². The Kier molecular flexibility index (Phi) is 2.75. The Bertz CT molecular complexity index is 744. The molecule has 3 heteroatoms. The van der Waals surface area contributed by atoms with E-state index < -0.39 is 0 Å². The fraction of sp³-hybridized carbons (Fsp3) is 0.125. The summed E-state index contributed by atoms with van der Waals surface area (Å²) in [6, 6.07) is 14.8. The molecule has 0 aliphatic carbocycles. The molecular formula is C16H15FN2. The predicted molar refractivity (Wildman–Crippen MR) is 76.6 cm³/mol. The van der Waals surface area contributed by atoms with Crippen molar-refractivity contribution in [3.05, 3.63) is 65.6 Å². The monoisotopic (exact) mass is 254 g/mol. The van der Waals surface area contributed by atoms with Gasteiger partial charge in [0.1, 0.15) is 5.82 Å². The van der Waals surface area contributed by atoms with Crippen molar-refractivity contribution in [1.82, 2.24) is 4.57 Å². The van der Waals surface area contributed by atoms with Crippen molar-refractivity contribution >= 4 is 16.6 Å². The average molecular weight is 254 g/mol. The first-order chi connectivity index (χ1) is 9.15. The van der Waals surface area contributed by atoms with E-state index in [0.717, 1.165) is 16.8 Å². The van der Waals surface area contributed by atoms with Crippen molar-refractivity contribution in [2.45, 2.75) is 13.5 Å². The second-order valence-corrected chi connectivity index (χ2v) is 4.77. The minimum Gasteiger partial charge on any atom is -0.398 e. The van der Waals surface area contributed by atoms with Gasteiger partial charge in [-0.05, 0) is 48.2 Å². The van der Waals surface area contributed by atoms with Gasteiger partial charge < -0.3 is 10.3 Å². The fourth-order valence-corrected chi connectivity index (χ4v) is 2.44. The smallest absolute Gasteiger partial charge is 0.123 e. The van der Waals surface area contributed by atoms with Crippen molar-refractivity contribution in [1.29, 1.82) is 0 Å². The third-order valence-corrected chi connectivity index (χ3v) is 3.45. The number of aromatic nitrogens is 1. The number of rotatable bonds is 2. The van der Waals surface area contributed by atoms with Gasteiger partial charge in [-0.3, -0.25) is 0 Å². The third kappa shape index (κ3) is 2.08. The standard InChI is InChI=1S/C16H15FN2/c1-11-8-12-4-2-3-5-16(12)19(11)10-13-9-14(17)6-7-15(13)18/h2-9H,10,18H2,1H3. The lowest BCUT2D eigenvalue weighted by Gasteiger charge is -2.11. The van der Waals surface area contributed by atoms with Crippen LogP contribution < -0.4 is 5.73 Å². The van der Waals surface area contributed by atoms with Crippen LogP contribution in [0.1, 0.15) is 11.3 Å². The quantitative estimate of drug-likeness (QED) is 0.694. The van der Waals surface area contributed by atoms with E-state index in [2.05, 4.69) is 29.7 Å². The number of para-hydroxylation sites is 1. The molecule has 3 rings (SSSR count). The van der Waals surface area contributed by atoms with Gasteiger partial charge in [-0.15, -0.1) is 0 Å². The number of nitrogen functional groups attached to an aromatic ring is 1. The van der Waals surface area contributed by atoms with Gasteiger partial charge in [-0.2, -0.15) is 0 Å². The highest BCUT2D eigenvalue weighted by molar-refractivity contribution is 5.81. The van der Waals surface area contributed by atoms with Crippen molar-refractivity contribution in [3.8, 4) is 0 Å². The fourth-order valence-electron chi connectivity index (χ4n) is 2.44. The van der Waals surface area contributed by atoms with Crippen LogP contribution >= 0.6 is 0 Å². The van der Waals surface area contributed by atoms with Crippen molar-refractivity contribution in [3.63, 3.8) is 0 Å². The summed E-state index contributed by atoms with van der Waals surface area (Å²) >= 11 is 0. The summed E-state index contributed by atoms with van der Waals surface area (Å²) in [5.41, 5.74) is 9.64. The first kappa shape index (κ1) is 11.8. The lowest BCUT2D eigenvalue weighted by molar-refractivity contribution is 0.624. The Balaban J connectivity index is 2.10. The minimum atomic E-state index is -0.252. The van der Waals surface area contributed by atoms with Crippen molar-refractivity contribution in [2.75, 3.05) is 5.73 Å². The van der Waals surface area contributed by atoms with E-state index >= 15 is 0 Å². The first-order valence-corrected chi connectivity index (χ1v) is 6.24. The van der Waals surface area contributed by atoms with Crippen LogP contribution in [0, 0.1) is 12.7 Å². The SMILES string of the molecule is Cc1cc2ccccc2n1Cc1cc(F)ccc1N. The summed E-state index contributed by atoms with van der Waals surface area (Å²) < 4.78 is 15.5. The van der Waals surface area contributed by atoms with E-state index in [1.165, 1.54) is 17.5 Å². The van der Waals surface area contributed by atoms with Gasteiger partial charge >= 0.3 is 0 Å². The molecule has 0 atom stereocenters. The molecular weight excluding hydrogens is 239 g/mol. The number of benzene rings is 2. The molecule has 0 aliphatic rings. The van der Waals surface area contributed by atoms with Crippen LogP contribution in [0.3, 0.4) is 0 Å². The normalized spacial score (nSPS) is 11.1. The first-order valence-electron chi connectivity index (χ1n) is 6.24. The summed E-state index contributed by atoms with van der Waals surface area (Å²) in [7, 11) is 0. The lowest BCUT2D eigenvalue weighted by Crippen LogP contribution is -2.04. The van der Waals surface area contributed by atoms with E-state index in [1.807, 2.05) is 12.1 Å². The number of nitrogens with zero attached hydrogens (tertiary/aromatic N) is 1. The Hall–Kier alpha value is -2.29. The van der Waals surface area contributed by atoms with Crippen LogP contribution in [0.5, 0.6) is 0 Å². The van der Waals surface area contributed by atoms with Crippen LogP contribution in [-0.4, -0.2) is 4.57 Å². The van der Waals surface area contributed by atoms with E-state index in [-0.39, 0.29) is 5.82 Å². The molecule has 96 valence electrons. The second kappa shape index (κ2) is 4.43. The van der Waals surface area contributed by atoms with Gasteiger partial charge in [0.05, 0.1) is 0 Å². The molecule has 0 unspecified atom stereocenters. The number of halogens is 1. The van der Waals surface area contributed by atoms with Crippen LogP contribution in [0.2, 0.25) is 0 Å². The van der Waals surface area contributed by atoms with Gasteiger partial charge in [0.15, 0.2) is 0 Å². The zero-order chi connectivity index (χ0) is 13.4. The summed E-state index contributed by atoms with van der Waals surface area (Å²) in [6.45, 7) is 2.64. The topological polar surface area (TPSA) is 30.9 Å². The maximum atomic E-state index is 13.3. The number of aryl methyl sites for hydroxylation is 1. The Morgan fingerprint density at radius 3 is 2.74 bits per heavy atom. The van der Waals surface area contributed by atoms with E-state index in [0.29, 0.717) is 12.2 Å². The predicted octanol–water partition coefficient (Wildman–Crippen LogP) is 3.72. The molecule has 2 N–H and O–H groups in total. The summed E-state index contributed by atoms with van der Waals surface area (Å²) in [5, 5.41) is 1.19. The van der Waals surface area contributed by atoms with Gasteiger partial charge in [0.2, 0.25) is 0 Å². The highest BCUT2D eigenvalue weighted by atomic mass is 19.1. The second-order valence-electron chi connectivity index (χ2n) is 4.77. The Labute approximate surface area is 111 Å². The van der Waals surface area contributed by atoms with E-state index in [4.69, 9.17) is 5.73 Å². The molecule has 0 radical (unpaired) electrons.